The smallest absolute Gasteiger partial charge is 0.233 e. The topological polar surface area (TPSA) is 72.4 Å². The van der Waals surface area contributed by atoms with Gasteiger partial charge in [-0.2, -0.15) is 15.0 Å². The summed E-state index contributed by atoms with van der Waals surface area (Å²) in [5.74, 6) is 2.11. The molecule has 0 spiro atoms. The Bertz CT molecular complexity index is 636. The van der Waals surface area contributed by atoms with Crippen LogP contribution >= 0.6 is 11.6 Å². The van der Waals surface area contributed by atoms with Crippen LogP contribution in [0.2, 0.25) is 5.28 Å². The molecule has 8 heteroatoms. The van der Waals surface area contributed by atoms with Gasteiger partial charge in [0.15, 0.2) is 0 Å². The van der Waals surface area contributed by atoms with E-state index in [-0.39, 0.29) is 5.28 Å². The number of benzene rings is 1. The molecule has 0 saturated carbocycles. The van der Waals surface area contributed by atoms with E-state index in [4.69, 9.17) is 21.1 Å². The number of rotatable bonds is 5. The van der Waals surface area contributed by atoms with Crippen LogP contribution < -0.4 is 19.7 Å². The van der Waals surface area contributed by atoms with Crippen molar-refractivity contribution in [1.29, 1.82) is 0 Å². The minimum Gasteiger partial charge on any atom is -0.497 e. The Morgan fingerprint density at radius 2 is 1.86 bits per heavy atom. The van der Waals surface area contributed by atoms with Gasteiger partial charge in [0, 0.05) is 20.2 Å². The lowest BCUT2D eigenvalue weighted by molar-refractivity contribution is 0.405. The Morgan fingerprint density at radius 3 is 2.48 bits per heavy atom. The second kappa shape index (κ2) is 6.45. The lowest BCUT2D eigenvalue weighted by Crippen LogP contribution is -2.14. The summed E-state index contributed by atoms with van der Waals surface area (Å²) in [6.45, 7) is 0. The number of hydrogen-bond donors (Lipinski definition) is 1. The largest absolute Gasteiger partial charge is 0.497 e. The van der Waals surface area contributed by atoms with Crippen LogP contribution in [0.5, 0.6) is 11.5 Å². The third-order valence-corrected chi connectivity index (χ3v) is 2.82. The molecule has 0 amide bonds. The van der Waals surface area contributed by atoms with Crippen molar-refractivity contribution in [2.45, 2.75) is 0 Å². The Kier molecular flexibility index (Phi) is 4.64. The number of hydrogen-bond acceptors (Lipinski definition) is 7. The first kappa shape index (κ1) is 15.1. The first-order chi connectivity index (χ1) is 10.0. The van der Waals surface area contributed by atoms with E-state index in [2.05, 4.69) is 20.3 Å². The molecule has 21 heavy (non-hydrogen) atoms. The van der Waals surface area contributed by atoms with Gasteiger partial charge < -0.3 is 19.7 Å². The van der Waals surface area contributed by atoms with E-state index in [0.29, 0.717) is 29.1 Å². The van der Waals surface area contributed by atoms with Gasteiger partial charge in [0.1, 0.15) is 11.5 Å². The molecule has 112 valence electrons. The first-order valence-electron chi connectivity index (χ1n) is 6.11. The molecule has 0 aliphatic heterocycles. The lowest BCUT2D eigenvalue weighted by Gasteiger charge is -2.14. The monoisotopic (exact) mass is 309 g/mol. The van der Waals surface area contributed by atoms with Crippen molar-refractivity contribution in [2.75, 3.05) is 38.5 Å². The summed E-state index contributed by atoms with van der Waals surface area (Å²) in [6, 6.07) is 5.37. The highest BCUT2D eigenvalue weighted by molar-refractivity contribution is 6.28. The molecular weight excluding hydrogens is 294 g/mol. The van der Waals surface area contributed by atoms with Gasteiger partial charge >= 0.3 is 0 Å². The van der Waals surface area contributed by atoms with E-state index >= 15 is 0 Å². The van der Waals surface area contributed by atoms with E-state index in [9.17, 15) is 0 Å². The molecule has 0 radical (unpaired) electrons. The summed E-state index contributed by atoms with van der Waals surface area (Å²) in [4.78, 5) is 14.1. The van der Waals surface area contributed by atoms with Crippen LogP contribution in [0.4, 0.5) is 17.6 Å². The van der Waals surface area contributed by atoms with Crippen LogP contribution in [0, 0.1) is 0 Å². The van der Waals surface area contributed by atoms with Gasteiger partial charge in [0.25, 0.3) is 0 Å². The number of methoxy groups -OCH3 is 2. The van der Waals surface area contributed by atoms with Gasteiger partial charge in [0.2, 0.25) is 17.2 Å². The maximum absolute atomic E-state index is 5.91. The molecule has 0 saturated heterocycles. The zero-order valence-electron chi connectivity index (χ0n) is 12.2. The van der Waals surface area contributed by atoms with Gasteiger partial charge in [-0.05, 0) is 23.7 Å². The maximum atomic E-state index is 5.91. The zero-order valence-corrected chi connectivity index (χ0v) is 13.0. The Hall–Kier alpha value is -2.28. The normalized spacial score (nSPS) is 10.1. The molecule has 0 fully saturated rings. The average molecular weight is 310 g/mol. The number of ether oxygens (including phenoxy) is 2. The number of aromatic nitrogens is 3. The molecule has 1 aromatic carbocycles. The molecule has 0 atom stereocenters. The molecule has 2 rings (SSSR count). The van der Waals surface area contributed by atoms with Crippen molar-refractivity contribution in [3.05, 3.63) is 23.5 Å². The van der Waals surface area contributed by atoms with Crippen LogP contribution in [0.15, 0.2) is 18.2 Å². The molecule has 1 aromatic heterocycles. The van der Waals surface area contributed by atoms with Crippen LogP contribution in [0.1, 0.15) is 0 Å². The first-order valence-corrected chi connectivity index (χ1v) is 6.49. The van der Waals surface area contributed by atoms with Gasteiger partial charge in [-0.15, -0.1) is 0 Å². The van der Waals surface area contributed by atoms with E-state index in [0.717, 1.165) is 0 Å². The lowest BCUT2D eigenvalue weighted by atomic mass is 10.2. The van der Waals surface area contributed by atoms with Gasteiger partial charge in [0.05, 0.1) is 19.9 Å². The molecule has 7 nitrogen and oxygen atoms in total. The molecule has 2 aromatic rings. The van der Waals surface area contributed by atoms with Crippen LogP contribution in [0.3, 0.4) is 0 Å². The Morgan fingerprint density at radius 1 is 1.10 bits per heavy atom. The van der Waals surface area contributed by atoms with Crippen molar-refractivity contribution in [2.24, 2.45) is 0 Å². The number of nitrogens with one attached hydrogen (secondary N) is 1. The van der Waals surface area contributed by atoms with Crippen LogP contribution in [0.25, 0.3) is 0 Å². The molecule has 0 bridgehead atoms. The summed E-state index contributed by atoms with van der Waals surface area (Å²) in [5, 5.41) is 3.17. The molecule has 0 aliphatic rings. The third-order valence-electron chi connectivity index (χ3n) is 2.65. The van der Waals surface area contributed by atoms with Crippen molar-refractivity contribution in [3.63, 3.8) is 0 Å². The third kappa shape index (κ3) is 3.63. The highest BCUT2D eigenvalue weighted by Crippen LogP contribution is 2.31. The minimum absolute atomic E-state index is 0.109. The van der Waals surface area contributed by atoms with E-state index in [1.54, 1.807) is 37.3 Å². The standard InChI is InChI=1S/C13H16ClN5O2/c1-19(2)13-17-11(14)16-12(18-13)15-9-7-8(20-3)5-6-10(9)21-4/h5-7H,1-4H3,(H,15,16,17,18). The Balaban J connectivity index is 2.37. The SMILES string of the molecule is COc1ccc(OC)c(Nc2nc(Cl)nc(N(C)C)n2)c1. The van der Waals surface area contributed by atoms with Crippen molar-refractivity contribution < 1.29 is 9.47 Å². The second-order valence-electron chi connectivity index (χ2n) is 4.31. The highest BCUT2D eigenvalue weighted by atomic mass is 35.5. The quantitative estimate of drug-likeness (QED) is 0.908. The number of anilines is 3. The van der Waals surface area contributed by atoms with E-state index in [1.807, 2.05) is 14.1 Å². The molecule has 0 unspecified atom stereocenters. The fourth-order valence-corrected chi connectivity index (χ4v) is 1.78. The summed E-state index contributed by atoms with van der Waals surface area (Å²) in [6.07, 6.45) is 0. The van der Waals surface area contributed by atoms with Gasteiger partial charge in [-0.3, -0.25) is 0 Å². The predicted molar refractivity (Wildman–Crippen MR) is 82.0 cm³/mol. The minimum atomic E-state index is 0.109. The maximum Gasteiger partial charge on any atom is 0.233 e. The van der Waals surface area contributed by atoms with Crippen molar-refractivity contribution in [3.8, 4) is 11.5 Å². The fourth-order valence-electron chi connectivity index (χ4n) is 1.63. The number of halogens is 1. The molecule has 0 aliphatic carbocycles. The van der Waals surface area contributed by atoms with Crippen molar-refractivity contribution >= 4 is 29.2 Å². The Labute approximate surface area is 127 Å². The molecule has 1 heterocycles. The number of nitrogens with zero attached hydrogens (tertiary/aromatic N) is 4. The zero-order chi connectivity index (χ0) is 15.4. The van der Waals surface area contributed by atoms with E-state index in [1.165, 1.54) is 0 Å². The van der Waals surface area contributed by atoms with Crippen LogP contribution in [-0.2, 0) is 0 Å². The van der Waals surface area contributed by atoms with Gasteiger partial charge in [-0.25, -0.2) is 0 Å². The summed E-state index contributed by atoms with van der Waals surface area (Å²) < 4.78 is 10.5. The van der Waals surface area contributed by atoms with Crippen LogP contribution in [-0.4, -0.2) is 43.3 Å². The molecular formula is C13H16ClN5O2. The van der Waals surface area contributed by atoms with E-state index < -0.39 is 0 Å². The van der Waals surface area contributed by atoms with Gasteiger partial charge in [-0.1, -0.05) is 0 Å². The average Bonchev–Trinajstić information content (AvgIpc) is 2.46. The summed E-state index contributed by atoms with van der Waals surface area (Å²) in [7, 11) is 6.82. The summed E-state index contributed by atoms with van der Waals surface area (Å²) >= 11 is 5.91. The second-order valence-corrected chi connectivity index (χ2v) is 4.65. The predicted octanol–water partition coefficient (Wildman–Crippen LogP) is 2.35. The molecule has 1 N–H and O–H groups in total. The highest BCUT2D eigenvalue weighted by Gasteiger charge is 2.10. The fraction of sp³-hybridized carbons (Fsp3) is 0.308. The summed E-state index contributed by atoms with van der Waals surface area (Å²) in [5.41, 5.74) is 0.670. The van der Waals surface area contributed by atoms with Crippen molar-refractivity contribution in [1.82, 2.24) is 15.0 Å².